The number of ether oxygens (including phenoxy) is 1. The maximum atomic E-state index is 12.2. The second kappa shape index (κ2) is 9.26. The Kier molecular flexibility index (Phi) is 6.53. The molecular formula is C21H17Cl2N3O2. The zero-order valence-electron chi connectivity index (χ0n) is 14.7. The first-order chi connectivity index (χ1) is 13.5. The highest BCUT2D eigenvalue weighted by atomic mass is 35.5. The fraction of sp³-hybridized carbons (Fsp3) is 0.0476. The van der Waals surface area contributed by atoms with Gasteiger partial charge in [-0.15, -0.1) is 0 Å². The van der Waals surface area contributed by atoms with E-state index in [9.17, 15) is 4.79 Å². The van der Waals surface area contributed by atoms with Crippen molar-refractivity contribution in [1.29, 1.82) is 5.41 Å². The predicted octanol–water partition coefficient (Wildman–Crippen LogP) is 5.35. The molecule has 0 aliphatic heterocycles. The van der Waals surface area contributed by atoms with E-state index in [1.807, 2.05) is 30.3 Å². The van der Waals surface area contributed by atoms with Crippen LogP contribution in [0.2, 0.25) is 10.0 Å². The average molecular weight is 414 g/mol. The summed E-state index contributed by atoms with van der Waals surface area (Å²) in [5.41, 5.74) is 2.04. The highest BCUT2D eigenvalue weighted by molar-refractivity contribution is 6.42. The molecular weight excluding hydrogens is 397 g/mol. The highest BCUT2D eigenvalue weighted by Crippen LogP contribution is 2.22. The van der Waals surface area contributed by atoms with Gasteiger partial charge in [-0.1, -0.05) is 53.5 Å². The van der Waals surface area contributed by atoms with E-state index in [2.05, 4.69) is 10.6 Å². The van der Waals surface area contributed by atoms with Crippen LogP contribution in [-0.2, 0) is 6.61 Å². The summed E-state index contributed by atoms with van der Waals surface area (Å²) in [5.74, 6) is 0.0914. The Hall–Kier alpha value is -3.02. The molecule has 0 unspecified atom stereocenters. The van der Waals surface area contributed by atoms with Gasteiger partial charge in [-0.3, -0.25) is 15.5 Å². The van der Waals surface area contributed by atoms with Crippen molar-refractivity contribution in [1.82, 2.24) is 5.32 Å². The molecule has 28 heavy (non-hydrogen) atoms. The molecule has 7 heteroatoms. The van der Waals surface area contributed by atoms with Crippen LogP contribution in [0.25, 0.3) is 0 Å². The average Bonchev–Trinajstić information content (AvgIpc) is 2.70. The molecule has 0 aliphatic carbocycles. The molecule has 0 saturated heterocycles. The number of carbonyl (C=O) groups is 1. The Morgan fingerprint density at radius 1 is 0.929 bits per heavy atom. The monoisotopic (exact) mass is 413 g/mol. The van der Waals surface area contributed by atoms with Crippen molar-refractivity contribution in [3.8, 4) is 5.75 Å². The largest absolute Gasteiger partial charge is 0.489 e. The Balaban J connectivity index is 1.52. The Morgan fingerprint density at radius 2 is 1.64 bits per heavy atom. The molecule has 0 heterocycles. The molecule has 0 aromatic heterocycles. The summed E-state index contributed by atoms with van der Waals surface area (Å²) >= 11 is 11.8. The summed E-state index contributed by atoms with van der Waals surface area (Å²) in [4.78, 5) is 12.2. The normalized spacial score (nSPS) is 10.2. The zero-order valence-corrected chi connectivity index (χ0v) is 16.2. The minimum absolute atomic E-state index is 0.158. The minimum atomic E-state index is -0.459. The lowest BCUT2D eigenvalue weighted by Gasteiger charge is -2.11. The third kappa shape index (κ3) is 5.49. The van der Waals surface area contributed by atoms with Crippen LogP contribution in [-0.4, -0.2) is 11.9 Å². The lowest BCUT2D eigenvalue weighted by Crippen LogP contribution is -2.35. The third-order valence-electron chi connectivity index (χ3n) is 3.79. The molecule has 3 rings (SSSR count). The van der Waals surface area contributed by atoms with Crippen LogP contribution in [0, 0.1) is 5.41 Å². The van der Waals surface area contributed by atoms with Crippen LogP contribution in [0.3, 0.4) is 0 Å². The standard InChI is InChI=1S/C21H17Cl2N3O2/c22-18-11-6-15(12-19(18)23)20(27)26-21(24)25-16-7-9-17(10-8-16)28-13-14-4-2-1-3-5-14/h1-12H,13H2,(H3,24,25,26,27). The zero-order chi connectivity index (χ0) is 19.9. The molecule has 1 amide bonds. The second-order valence-electron chi connectivity index (χ2n) is 5.88. The van der Waals surface area contributed by atoms with Crippen molar-refractivity contribution >= 4 is 40.8 Å². The van der Waals surface area contributed by atoms with E-state index in [1.165, 1.54) is 18.2 Å². The van der Waals surface area contributed by atoms with E-state index < -0.39 is 5.91 Å². The van der Waals surface area contributed by atoms with Gasteiger partial charge in [-0.2, -0.15) is 0 Å². The van der Waals surface area contributed by atoms with E-state index in [0.717, 1.165) is 5.56 Å². The van der Waals surface area contributed by atoms with Crippen molar-refractivity contribution in [2.24, 2.45) is 0 Å². The topological polar surface area (TPSA) is 74.2 Å². The highest BCUT2D eigenvalue weighted by Gasteiger charge is 2.10. The molecule has 142 valence electrons. The number of amides is 1. The molecule has 0 bridgehead atoms. The summed E-state index contributed by atoms with van der Waals surface area (Å²) in [6, 6.07) is 21.5. The SMILES string of the molecule is N=C(NC(=O)c1ccc(Cl)c(Cl)c1)Nc1ccc(OCc2ccccc2)cc1. The molecule has 3 aromatic carbocycles. The van der Waals surface area contributed by atoms with Crippen LogP contribution in [0.4, 0.5) is 5.69 Å². The summed E-state index contributed by atoms with van der Waals surface area (Å²) in [6.07, 6.45) is 0. The lowest BCUT2D eigenvalue weighted by molar-refractivity contribution is 0.0977. The summed E-state index contributed by atoms with van der Waals surface area (Å²) in [7, 11) is 0. The molecule has 3 aromatic rings. The van der Waals surface area contributed by atoms with Crippen molar-refractivity contribution < 1.29 is 9.53 Å². The van der Waals surface area contributed by atoms with Gasteiger partial charge in [-0.25, -0.2) is 0 Å². The minimum Gasteiger partial charge on any atom is -0.489 e. The maximum Gasteiger partial charge on any atom is 0.258 e. The van der Waals surface area contributed by atoms with Gasteiger partial charge in [0.2, 0.25) is 0 Å². The van der Waals surface area contributed by atoms with Crippen LogP contribution < -0.4 is 15.4 Å². The van der Waals surface area contributed by atoms with Gasteiger partial charge in [0.25, 0.3) is 5.91 Å². The molecule has 0 spiro atoms. The number of hydrogen-bond acceptors (Lipinski definition) is 3. The number of guanidine groups is 1. The number of rotatable bonds is 5. The number of anilines is 1. The number of carbonyl (C=O) groups excluding carboxylic acids is 1. The number of hydrogen-bond donors (Lipinski definition) is 3. The molecule has 0 atom stereocenters. The van der Waals surface area contributed by atoms with Gasteiger partial charge in [-0.05, 0) is 48.0 Å². The van der Waals surface area contributed by atoms with Crippen molar-refractivity contribution in [3.05, 3.63) is 94.0 Å². The van der Waals surface area contributed by atoms with Gasteiger partial charge in [0, 0.05) is 11.3 Å². The first-order valence-electron chi connectivity index (χ1n) is 8.40. The molecule has 0 aliphatic rings. The molecule has 0 radical (unpaired) electrons. The van der Waals surface area contributed by atoms with Gasteiger partial charge < -0.3 is 10.1 Å². The van der Waals surface area contributed by atoms with E-state index in [-0.39, 0.29) is 11.0 Å². The summed E-state index contributed by atoms with van der Waals surface area (Å²) in [5, 5.41) is 13.8. The first-order valence-corrected chi connectivity index (χ1v) is 9.15. The Labute approximate surface area is 172 Å². The fourth-order valence-corrected chi connectivity index (χ4v) is 2.67. The van der Waals surface area contributed by atoms with E-state index in [0.29, 0.717) is 28.6 Å². The van der Waals surface area contributed by atoms with Crippen LogP contribution in [0.15, 0.2) is 72.8 Å². The van der Waals surface area contributed by atoms with Crippen LogP contribution >= 0.6 is 23.2 Å². The molecule has 5 nitrogen and oxygen atoms in total. The molecule has 3 N–H and O–H groups in total. The number of benzene rings is 3. The Morgan fingerprint density at radius 3 is 2.32 bits per heavy atom. The van der Waals surface area contributed by atoms with E-state index >= 15 is 0 Å². The van der Waals surface area contributed by atoms with Gasteiger partial charge in [0.15, 0.2) is 5.96 Å². The van der Waals surface area contributed by atoms with Crippen molar-refractivity contribution in [3.63, 3.8) is 0 Å². The maximum absolute atomic E-state index is 12.2. The van der Waals surface area contributed by atoms with E-state index in [4.69, 9.17) is 33.3 Å². The second-order valence-corrected chi connectivity index (χ2v) is 6.70. The molecule has 0 saturated carbocycles. The Bertz CT molecular complexity index is 977. The van der Waals surface area contributed by atoms with Crippen LogP contribution in [0.1, 0.15) is 15.9 Å². The quantitative estimate of drug-likeness (QED) is 0.389. The summed E-state index contributed by atoms with van der Waals surface area (Å²) in [6.45, 7) is 0.475. The van der Waals surface area contributed by atoms with Gasteiger partial charge in [0.05, 0.1) is 10.0 Å². The van der Waals surface area contributed by atoms with Crippen molar-refractivity contribution in [2.45, 2.75) is 6.61 Å². The van der Waals surface area contributed by atoms with Crippen molar-refractivity contribution in [2.75, 3.05) is 5.32 Å². The molecule has 0 fully saturated rings. The number of nitrogens with one attached hydrogen (secondary N) is 3. The van der Waals surface area contributed by atoms with Crippen LogP contribution in [0.5, 0.6) is 5.75 Å². The van der Waals surface area contributed by atoms with Gasteiger partial charge >= 0.3 is 0 Å². The lowest BCUT2D eigenvalue weighted by atomic mass is 10.2. The smallest absolute Gasteiger partial charge is 0.258 e. The predicted molar refractivity (Wildman–Crippen MR) is 112 cm³/mol. The number of halogens is 2. The summed E-state index contributed by atoms with van der Waals surface area (Å²) < 4.78 is 5.72. The first kappa shape index (κ1) is 19.7. The third-order valence-corrected chi connectivity index (χ3v) is 4.53. The van der Waals surface area contributed by atoms with E-state index in [1.54, 1.807) is 24.3 Å². The fourth-order valence-electron chi connectivity index (χ4n) is 2.37. The van der Waals surface area contributed by atoms with Gasteiger partial charge in [0.1, 0.15) is 12.4 Å².